The molecule has 158 valence electrons. The van der Waals surface area contributed by atoms with E-state index in [9.17, 15) is 9.18 Å². The molecule has 3 rings (SSSR count). The van der Waals surface area contributed by atoms with Crippen molar-refractivity contribution in [2.45, 2.75) is 51.8 Å². The summed E-state index contributed by atoms with van der Waals surface area (Å²) in [5.74, 6) is 0.753. The van der Waals surface area contributed by atoms with E-state index in [2.05, 4.69) is 15.6 Å². The molecule has 0 radical (unpaired) electrons. The van der Waals surface area contributed by atoms with Gasteiger partial charge in [0.1, 0.15) is 17.8 Å². The Balaban J connectivity index is 1.53. The first-order chi connectivity index (χ1) is 13.8. The van der Waals surface area contributed by atoms with E-state index in [0.29, 0.717) is 30.5 Å². The van der Waals surface area contributed by atoms with E-state index >= 15 is 0 Å². The maximum absolute atomic E-state index is 14.4. The Labute approximate surface area is 172 Å². The first-order valence-corrected chi connectivity index (χ1v) is 10.2. The van der Waals surface area contributed by atoms with Gasteiger partial charge in [0, 0.05) is 12.6 Å². The number of ether oxygens (including phenoxy) is 1. The third-order valence-corrected chi connectivity index (χ3v) is 5.14. The number of carbonyl (C=O) groups excluding carboxylic acids is 1. The molecule has 6 nitrogen and oxygen atoms in total. The number of aliphatic imine (C=N–C) groups is 1. The maximum Gasteiger partial charge on any atom is 0.407 e. The molecular weight excluding hydrogens is 371 g/mol. The van der Waals surface area contributed by atoms with Crippen LogP contribution in [0.2, 0.25) is 0 Å². The Hall–Kier alpha value is -2.41. The van der Waals surface area contributed by atoms with Crippen molar-refractivity contribution < 1.29 is 13.9 Å². The van der Waals surface area contributed by atoms with Crippen LogP contribution in [0.25, 0.3) is 0 Å². The Kier molecular flexibility index (Phi) is 6.90. The Morgan fingerprint density at radius 2 is 2.14 bits per heavy atom. The Bertz CT molecular complexity index is 804. The number of hydrogen-bond donors (Lipinski definition) is 2. The standard InChI is InChI=1S/C22H31FN4O2/c1-14(2)25-22(28)29-18-7-6-16(10-18)17-11-21(24-12-17)26-20-8-5-15(9-19(20)23)13-27(3)4/h5,8-9,11,14,16,18H,6-7,10,12-13H2,1-4H3,(H,24,26)(H,25,28)/t16-,18+/m0/s1. The van der Waals surface area contributed by atoms with Crippen LogP contribution in [0.3, 0.4) is 0 Å². The van der Waals surface area contributed by atoms with Gasteiger partial charge >= 0.3 is 6.09 Å². The number of halogens is 1. The fourth-order valence-corrected chi connectivity index (χ4v) is 3.83. The number of rotatable bonds is 6. The van der Waals surface area contributed by atoms with E-state index < -0.39 is 0 Å². The predicted molar refractivity (Wildman–Crippen MR) is 114 cm³/mol. The second-order valence-electron chi connectivity index (χ2n) is 8.43. The quantitative estimate of drug-likeness (QED) is 0.756. The molecule has 0 unspecified atom stereocenters. The van der Waals surface area contributed by atoms with Gasteiger partial charge in [0.25, 0.3) is 0 Å². The van der Waals surface area contributed by atoms with Crippen LogP contribution in [0.5, 0.6) is 0 Å². The molecule has 1 aromatic rings. The number of carbonyl (C=O) groups is 1. The van der Waals surface area contributed by atoms with Crippen LogP contribution in [0, 0.1) is 11.7 Å². The molecule has 0 spiro atoms. The fraction of sp³-hybridized carbons (Fsp3) is 0.545. The highest BCUT2D eigenvalue weighted by molar-refractivity contribution is 6.05. The van der Waals surface area contributed by atoms with E-state index in [1.165, 1.54) is 5.57 Å². The van der Waals surface area contributed by atoms with Crippen LogP contribution in [-0.2, 0) is 11.3 Å². The molecule has 29 heavy (non-hydrogen) atoms. The van der Waals surface area contributed by atoms with Crippen molar-refractivity contribution in [3.8, 4) is 0 Å². The van der Waals surface area contributed by atoms with Gasteiger partial charge in [0.05, 0.1) is 12.2 Å². The van der Waals surface area contributed by atoms with Gasteiger partial charge in [-0.25, -0.2) is 9.18 Å². The number of amides is 1. The van der Waals surface area contributed by atoms with Gasteiger partial charge in [-0.2, -0.15) is 0 Å². The van der Waals surface area contributed by atoms with Crippen LogP contribution in [0.4, 0.5) is 14.9 Å². The van der Waals surface area contributed by atoms with Gasteiger partial charge in [0.15, 0.2) is 0 Å². The Morgan fingerprint density at radius 3 is 2.83 bits per heavy atom. The first-order valence-electron chi connectivity index (χ1n) is 10.2. The molecular formula is C22H31FN4O2. The average molecular weight is 403 g/mol. The minimum absolute atomic E-state index is 0.0571. The van der Waals surface area contributed by atoms with Crippen molar-refractivity contribution in [2.75, 3.05) is 26.0 Å². The lowest BCUT2D eigenvalue weighted by Crippen LogP contribution is -2.33. The third kappa shape index (κ3) is 6.03. The lowest BCUT2D eigenvalue weighted by Gasteiger charge is -2.15. The third-order valence-electron chi connectivity index (χ3n) is 5.14. The fourth-order valence-electron chi connectivity index (χ4n) is 3.83. The molecule has 1 heterocycles. The van der Waals surface area contributed by atoms with Crippen LogP contribution in [0.15, 0.2) is 34.8 Å². The summed E-state index contributed by atoms with van der Waals surface area (Å²) in [4.78, 5) is 18.3. The lowest BCUT2D eigenvalue weighted by atomic mass is 9.98. The number of alkyl carbamates (subject to hydrolysis) is 1. The lowest BCUT2D eigenvalue weighted by molar-refractivity contribution is 0.0975. The summed E-state index contributed by atoms with van der Waals surface area (Å²) in [5, 5.41) is 5.86. The largest absolute Gasteiger partial charge is 0.446 e. The van der Waals surface area contributed by atoms with Gasteiger partial charge < -0.3 is 20.3 Å². The van der Waals surface area contributed by atoms with Crippen LogP contribution < -0.4 is 10.6 Å². The van der Waals surface area contributed by atoms with E-state index in [0.717, 1.165) is 24.8 Å². The van der Waals surface area contributed by atoms with Crippen LogP contribution >= 0.6 is 0 Å². The molecule has 0 saturated heterocycles. The van der Waals surface area contributed by atoms with Crippen molar-refractivity contribution in [3.63, 3.8) is 0 Å². The summed E-state index contributed by atoms with van der Waals surface area (Å²) in [6.07, 6.45) is 4.25. The summed E-state index contributed by atoms with van der Waals surface area (Å²) in [6.45, 7) is 5.12. The molecule has 1 amide bonds. The Morgan fingerprint density at radius 1 is 1.34 bits per heavy atom. The van der Waals surface area contributed by atoms with E-state index in [1.807, 2.05) is 45.0 Å². The van der Waals surface area contributed by atoms with Crippen LogP contribution in [-0.4, -0.2) is 49.6 Å². The van der Waals surface area contributed by atoms with E-state index in [4.69, 9.17) is 4.74 Å². The number of hydrogen-bond acceptors (Lipinski definition) is 5. The normalized spacial score (nSPS) is 21.3. The highest BCUT2D eigenvalue weighted by atomic mass is 19.1. The summed E-state index contributed by atoms with van der Waals surface area (Å²) in [7, 11) is 3.91. The first kappa shape index (κ1) is 21.3. The average Bonchev–Trinajstić information content (AvgIpc) is 3.25. The number of anilines is 1. The minimum Gasteiger partial charge on any atom is -0.446 e. The zero-order chi connectivity index (χ0) is 21.0. The number of nitrogens with zero attached hydrogens (tertiary/aromatic N) is 2. The SMILES string of the molecule is CC(C)NC(=O)O[C@@H]1CC[C@H](C2=CC(Nc3ccc(CN(C)C)cc3F)=NC2)C1. The molecule has 1 aliphatic heterocycles. The molecule has 1 aromatic carbocycles. The molecule has 0 bridgehead atoms. The topological polar surface area (TPSA) is 66.0 Å². The van der Waals surface area contributed by atoms with Gasteiger partial charge in [-0.1, -0.05) is 6.07 Å². The molecule has 0 aromatic heterocycles. The van der Waals surface area contributed by atoms with Crippen LogP contribution in [0.1, 0.15) is 38.7 Å². The second kappa shape index (κ2) is 9.39. The van der Waals surface area contributed by atoms with Crippen molar-refractivity contribution >= 4 is 17.6 Å². The molecule has 2 aliphatic rings. The minimum atomic E-state index is -0.349. The van der Waals surface area contributed by atoms with Gasteiger partial charge in [-0.15, -0.1) is 0 Å². The molecule has 2 atom stereocenters. The summed E-state index contributed by atoms with van der Waals surface area (Å²) in [5.41, 5.74) is 2.58. The van der Waals surface area contributed by atoms with Crippen molar-refractivity contribution in [3.05, 3.63) is 41.2 Å². The zero-order valence-electron chi connectivity index (χ0n) is 17.7. The smallest absolute Gasteiger partial charge is 0.407 e. The summed E-state index contributed by atoms with van der Waals surface area (Å²) < 4.78 is 19.9. The monoisotopic (exact) mass is 402 g/mol. The molecule has 2 N–H and O–H groups in total. The highest BCUT2D eigenvalue weighted by Crippen LogP contribution is 2.35. The van der Waals surface area contributed by atoms with Gasteiger partial charge in [-0.05, 0) is 82.5 Å². The summed E-state index contributed by atoms with van der Waals surface area (Å²) >= 11 is 0. The number of amidine groups is 1. The molecule has 1 fully saturated rings. The second-order valence-corrected chi connectivity index (χ2v) is 8.43. The zero-order valence-corrected chi connectivity index (χ0v) is 17.7. The van der Waals surface area contributed by atoms with E-state index in [1.54, 1.807) is 12.1 Å². The maximum atomic E-state index is 14.4. The van der Waals surface area contributed by atoms with Crippen molar-refractivity contribution in [1.29, 1.82) is 0 Å². The predicted octanol–water partition coefficient (Wildman–Crippen LogP) is 3.94. The van der Waals surface area contributed by atoms with Gasteiger partial charge in [0.2, 0.25) is 0 Å². The number of nitrogens with one attached hydrogen (secondary N) is 2. The van der Waals surface area contributed by atoms with E-state index in [-0.39, 0.29) is 24.1 Å². The number of benzene rings is 1. The summed E-state index contributed by atoms with van der Waals surface area (Å²) in [6, 6.07) is 5.31. The molecule has 1 aliphatic carbocycles. The molecule has 7 heteroatoms. The van der Waals surface area contributed by atoms with Crippen molar-refractivity contribution in [2.24, 2.45) is 10.9 Å². The highest BCUT2D eigenvalue weighted by Gasteiger charge is 2.31. The van der Waals surface area contributed by atoms with Crippen molar-refractivity contribution in [1.82, 2.24) is 10.2 Å². The molecule has 1 saturated carbocycles. The van der Waals surface area contributed by atoms with Gasteiger partial charge in [-0.3, -0.25) is 4.99 Å².